The fourth-order valence-electron chi connectivity index (χ4n) is 6.54. The fourth-order valence-corrected chi connectivity index (χ4v) is 6.54. The number of carbonyl (C=O) groups is 17. The third-order valence-corrected chi connectivity index (χ3v) is 10.4. The van der Waals surface area contributed by atoms with Crippen LogP contribution in [-0.2, 0) is 81.5 Å². The van der Waals surface area contributed by atoms with Crippen LogP contribution in [0.1, 0.15) is 90.4 Å². The molecule has 0 aromatic rings. The molecule has 0 bridgehead atoms. The summed E-state index contributed by atoms with van der Waals surface area (Å²) in [5, 5.41) is 93.1. The first-order chi connectivity index (χ1) is 36.3. The molecule has 0 aromatic heterocycles. The molecule has 78 heavy (non-hydrogen) atoms. The lowest BCUT2D eigenvalue weighted by Crippen LogP contribution is -2.61. The second-order valence-corrected chi connectivity index (χ2v) is 16.8. The number of aliphatic hydroxyl groups is 1. The number of unbranched alkanes of at least 4 members (excludes halogenated alkanes) is 1. The summed E-state index contributed by atoms with van der Waals surface area (Å²) in [6, 6.07) is -18.1. The predicted octanol–water partition coefficient (Wildman–Crippen LogP) is -8.53. The van der Waals surface area contributed by atoms with Crippen molar-refractivity contribution in [3.63, 3.8) is 0 Å². The van der Waals surface area contributed by atoms with Gasteiger partial charge in [-0.25, -0.2) is 4.79 Å². The van der Waals surface area contributed by atoms with Crippen molar-refractivity contribution in [1.29, 1.82) is 0 Å². The number of primary amides is 1. The zero-order chi connectivity index (χ0) is 60.0. The molecular formula is C42H63N11O25. The lowest BCUT2D eigenvalue weighted by atomic mass is 10.0. The summed E-state index contributed by atoms with van der Waals surface area (Å²) < 4.78 is 0. The van der Waals surface area contributed by atoms with Gasteiger partial charge in [0.2, 0.25) is 59.1 Å². The highest BCUT2D eigenvalue weighted by atomic mass is 16.4. The minimum absolute atomic E-state index is 0.00338. The smallest absolute Gasteiger partial charge is 0.326 e. The molecular weight excluding hydrogens is 1060 g/mol. The number of aliphatic carboxylic acids is 7. The van der Waals surface area contributed by atoms with Crippen molar-refractivity contribution in [1.82, 2.24) is 47.9 Å². The molecule has 0 fully saturated rings. The summed E-state index contributed by atoms with van der Waals surface area (Å²) in [4.78, 5) is 212. The van der Waals surface area contributed by atoms with Crippen LogP contribution in [0.3, 0.4) is 0 Å². The summed E-state index contributed by atoms with van der Waals surface area (Å²) in [7, 11) is 0. The van der Waals surface area contributed by atoms with E-state index >= 15 is 0 Å². The lowest BCUT2D eigenvalue weighted by Gasteiger charge is -2.27. The highest BCUT2D eigenvalue weighted by Crippen LogP contribution is 2.09. The highest BCUT2D eigenvalue weighted by molar-refractivity contribution is 6.00. The Kier molecular flexibility index (Phi) is 31.1. The predicted molar refractivity (Wildman–Crippen MR) is 252 cm³/mol. The van der Waals surface area contributed by atoms with Crippen LogP contribution < -0.4 is 59.3 Å². The number of nitrogens with one attached hydrogen (secondary N) is 9. The average molecular weight is 1120 g/mol. The second kappa shape index (κ2) is 35.2. The number of carboxylic acids is 7. The van der Waals surface area contributed by atoms with E-state index < -0.39 is 232 Å². The van der Waals surface area contributed by atoms with E-state index in [1.54, 1.807) is 0 Å². The number of hydrogen-bond acceptors (Lipinski definition) is 19. The van der Waals surface area contributed by atoms with Crippen LogP contribution >= 0.6 is 0 Å². The molecule has 0 radical (unpaired) electrons. The standard InChI is InChI=1S/C42H63N11O25/c1-17(55)45-23(13-31(63)64)38(73)53-26(16-54)41(76)48-20(6-9-29(59)60)36(71)52-25(15-33(67)68)40(75)50-22(12-27(44)56)37(72)46-18(4-2-3-11-43)34(69)51-24(14-32(65)66)39(74)47-19(5-8-28(57)58)35(70)49-21(42(77)78)7-10-30(61)62/h18-26,54H,2-16,43H2,1H3,(H2,44,56)(H,45,55)(H,46,72)(H,47,74)(H,48,76)(H,49,70)(H,50,75)(H,51,69)(H,52,71)(H,53,73)(H,57,58)(H,59,60)(H,61,62)(H,63,64)(H,65,66)(H,67,68)(H,77,78)/t18-,19-,20-,21-,22-,23-,24-,25-,26-/m1/s1. The van der Waals surface area contributed by atoms with E-state index in [1.165, 1.54) is 0 Å². The quantitative estimate of drug-likeness (QED) is 0.0253. The van der Waals surface area contributed by atoms with Crippen LogP contribution in [-0.4, -0.2) is 209 Å². The summed E-state index contributed by atoms with van der Waals surface area (Å²) in [5.74, 6) is -25.1. The maximum atomic E-state index is 13.8. The maximum Gasteiger partial charge on any atom is 0.326 e. The number of aliphatic hydroxyl groups excluding tert-OH is 1. The molecule has 21 N–H and O–H groups in total. The van der Waals surface area contributed by atoms with E-state index in [-0.39, 0.29) is 19.4 Å². The third kappa shape index (κ3) is 28.5. The first kappa shape index (κ1) is 68.9. The van der Waals surface area contributed by atoms with E-state index in [0.29, 0.717) is 0 Å². The maximum absolute atomic E-state index is 13.8. The van der Waals surface area contributed by atoms with Crippen molar-refractivity contribution in [2.75, 3.05) is 13.2 Å². The minimum Gasteiger partial charge on any atom is -0.481 e. The Morgan fingerprint density at radius 2 is 0.615 bits per heavy atom. The van der Waals surface area contributed by atoms with E-state index in [9.17, 15) is 112 Å². The van der Waals surface area contributed by atoms with E-state index in [4.69, 9.17) is 21.7 Å². The van der Waals surface area contributed by atoms with Gasteiger partial charge in [0.25, 0.3) is 0 Å². The topological polar surface area (TPSA) is 612 Å². The Morgan fingerprint density at radius 1 is 0.346 bits per heavy atom. The fraction of sp³-hybridized carbons (Fsp3) is 0.595. The molecule has 0 spiro atoms. The molecule has 0 heterocycles. The van der Waals surface area contributed by atoms with E-state index in [2.05, 4.69) is 5.32 Å². The summed E-state index contributed by atoms with van der Waals surface area (Å²) in [6.07, 6.45) is -9.79. The number of hydrogen-bond donors (Lipinski definition) is 19. The van der Waals surface area contributed by atoms with Gasteiger partial charge in [0, 0.05) is 26.2 Å². The Labute approximate surface area is 439 Å². The molecule has 0 aliphatic carbocycles. The van der Waals surface area contributed by atoms with Crippen LogP contribution in [0.25, 0.3) is 0 Å². The Balaban J connectivity index is 6.83. The molecule has 10 amide bonds. The van der Waals surface area contributed by atoms with Crippen LogP contribution in [0.2, 0.25) is 0 Å². The molecule has 0 aliphatic rings. The van der Waals surface area contributed by atoms with Gasteiger partial charge in [-0.15, -0.1) is 0 Å². The lowest BCUT2D eigenvalue weighted by molar-refractivity contribution is -0.145. The van der Waals surface area contributed by atoms with Gasteiger partial charge in [-0.1, -0.05) is 0 Å². The Bertz CT molecular complexity index is 2250. The largest absolute Gasteiger partial charge is 0.481 e. The molecule has 0 aliphatic heterocycles. The zero-order valence-corrected chi connectivity index (χ0v) is 41.5. The molecule has 36 heteroatoms. The Morgan fingerprint density at radius 3 is 0.910 bits per heavy atom. The van der Waals surface area contributed by atoms with Gasteiger partial charge in [0.05, 0.1) is 32.3 Å². The van der Waals surface area contributed by atoms with Crippen molar-refractivity contribution < 1.29 is 122 Å². The van der Waals surface area contributed by atoms with E-state index in [1.807, 2.05) is 42.5 Å². The summed E-state index contributed by atoms with van der Waals surface area (Å²) >= 11 is 0. The van der Waals surface area contributed by atoms with Gasteiger partial charge < -0.3 is 100 Å². The van der Waals surface area contributed by atoms with Gasteiger partial charge in [-0.2, -0.15) is 0 Å². The van der Waals surface area contributed by atoms with Crippen molar-refractivity contribution in [3.05, 3.63) is 0 Å². The highest BCUT2D eigenvalue weighted by Gasteiger charge is 2.37. The number of amides is 10. The number of rotatable bonds is 40. The number of carboxylic acid groups (broad SMARTS) is 7. The van der Waals surface area contributed by atoms with Crippen LogP contribution in [0.15, 0.2) is 0 Å². The summed E-state index contributed by atoms with van der Waals surface area (Å²) in [5.41, 5.74) is 10.9. The normalized spacial score (nSPS) is 14.1. The van der Waals surface area contributed by atoms with E-state index in [0.717, 1.165) is 6.92 Å². The monoisotopic (exact) mass is 1120 g/mol. The molecule has 436 valence electrons. The molecule has 0 rings (SSSR count). The van der Waals surface area contributed by atoms with Crippen LogP contribution in [0.4, 0.5) is 0 Å². The molecule has 0 saturated heterocycles. The SMILES string of the molecule is CC(=O)N[C@H](CC(=O)O)C(=O)N[C@H](CO)C(=O)N[C@H](CCC(=O)O)C(=O)N[C@H](CC(=O)O)C(=O)N[C@H](CC(N)=O)C(=O)N[C@H](CCCCN)C(=O)N[C@H](CC(=O)O)C(=O)N[C@H](CCC(=O)O)C(=O)N[C@H](CCC(=O)O)C(=O)O. The zero-order valence-electron chi connectivity index (χ0n) is 41.5. The Hall–Kier alpha value is -9.09. The molecule has 0 saturated carbocycles. The summed E-state index contributed by atoms with van der Waals surface area (Å²) in [6.45, 7) is -0.329. The van der Waals surface area contributed by atoms with Gasteiger partial charge in [0.1, 0.15) is 54.4 Å². The van der Waals surface area contributed by atoms with Crippen LogP contribution in [0.5, 0.6) is 0 Å². The molecule has 0 aromatic carbocycles. The first-order valence-corrected chi connectivity index (χ1v) is 23.1. The second-order valence-electron chi connectivity index (χ2n) is 16.8. The van der Waals surface area contributed by atoms with Gasteiger partial charge >= 0.3 is 41.8 Å². The van der Waals surface area contributed by atoms with Crippen molar-refractivity contribution in [2.45, 2.75) is 145 Å². The minimum atomic E-state index is -2.27. The van der Waals surface area contributed by atoms with Crippen molar-refractivity contribution in [2.24, 2.45) is 11.5 Å². The molecule has 36 nitrogen and oxygen atoms in total. The van der Waals surface area contributed by atoms with Gasteiger partial charge in [-0.3, -0.25) is 76.7 Å². The molecule has 9 atom stereocenters. The number of nitrogens with two attached hydrogens (primary N) is 2. The van der Waals surface area contributed by atoms with Gasteiger partial charge in [0.15, 0.2) is 0 Å². The number of carbonyl (C=O) groups excluding carboxylic acids is 10. The van der Waals surface area contributed by atoms with Crippen molar-refractivity contribution in [3.8, 4) is 0 Å². The third-order valence-electron chi connectivity index (χ3n) is 10.4. The first-order valence-electron chi connectivity index (χ1n) is 23.1. The average Bonchev–Trinajstić information content (AvgIpc) is 3.31. The van der Waals surface area contributed by atoms with Crippen molar-refractivity contribution >= 4 is 101 Å². The molecule has 0 unspecified atom stereocenters. The van der Waals surface area contributed by atoms with Gasteiger partial charge in [-0.05, 0) is 45.1 Å². The van der Waals surface area contributed by atoms with Crippen LogP contribution in [0, 0.1) is 0 Å².